The molecule has 3 rings (SSSR count). The number of carbonyl (C=O) groups excluding carboxylic acids is 1. The van der Waals surface area contributed by atoms with Crippen LogP contribution in [0, 0.1) is 11.7 Å². The highest BCUT2D eigenvalue weighted by molar-refractivity contribution is 5.93. The predicted molar refractivity (Wildman–Crippen MR) is 78.2 cm³/mol. The Hall–Kier alpha value is -2.38. The van der Waals surface area contributed by atoms with Gasteiger partial charge in [0.25, 0.3) is 5.91 Å². The first kappa shape index (κ1) is 16.5. The van der Waals surface area contributed by atoms with Crippen LogP contribution in [0.1, 0.15) is 23.3 Å². The fourth-order valence-corrected chi connectivity index (χ4v) is 2.85. The summed E-state index contributed by atoms with van der Waals surface area (Å²) in [6.45, 7) is -0.0725. The van der Waals surface area contributed by atoms with Crippen molar-refractivity contribution >= 4 is 5.91 Å². The van der Waals surface area contributed by atoms with Gasteiger partial charge >= 0.3 is 6.18 Å². The molecule has 0 bridgehead atoms. The number of aromatic nitrogens is 2. The Labute approximate surface area is 135 Å². The minimum absolute atomic E-state index is 0.0322. The molecule has 0 radical (unpaired) electrons. The normalized spacial score (nSPS) is 18.7. The Kier molecular flexibility index (Phi) is 4.29. The summed E-state index contributed by atoms with van der Waals surface area (Å²) in [6, 6.07) is 5.43. The SMILES string of the molecule is O=C(c1cncn1-c1ccc(F)cc1)N1CCC[C@H](C(F)(F)F)C1. The van der Waals surface area contributed by atoms with E-state index in [4.69, 9.17) is 0 Å². The van der Waals surface area contributed by atoms with Crippen LogP contribution in [-0.2, 0) is 0 Å². The molecule has 0 spiro atoms. The maximum atomic E-state index is 13.0. The molecule has 0 saturated carbocycles. The smallest absolute Gasteiger partial charge is 0.337 e. The van der Waals surface area contributed by atoms with Crippen LogP contribution in [0.3, 0.4) is 0 Å². The lowest BCUT2D eigenvalue weighted by molar-refractivity contribution is -0.184. The number of piperidine rings is 1. The molecular formula is C16H15F4N3O. The second-order valence-electron chi connectivity index (χ2n) is 5.76. The fraction of sp³-hybridized carbons (Fsp3) is 0.375. The van der Waals surface area contributed by atoms with Gasteiger partial charge in [-0.2, -0.15) is 13.2 Å². The third-order valence-corrected chi connectivity index (χ3v) is 4.13. The van der Waals surface area contributed by atoms with Crippen LogP contribution >= 0.6 is 0 Å². The molecule has 1 aromatic carbocycles. The molecule has 1 fully saturated rings. The van der Waals surface area contributed by atoms with E-state index in [1.807, 2.05) is 0 Å². The molecule has 1 aliphatic heterocycles. The molecule has 2 aromatic rings. The first-order valence-corrected chi connectivity index (χ1v) is 7.50. The summed E-state index contributed by atoms with van der Waals surface area (Å²) in [6.07, 6.45) is -1.28. The quantitative estimate of drug-likeness (QED) is 0.785. The molecule has 4 nitrogen and oxygen atoms in total. The first-order valence-electron chi connectivity index (χ1n) is 7.50. The van der Waals surface area contributed by atoms with Crippen molar-refractivity contribution in [3.63, 3.8) is 0 Å². The largest absolute Gasteiger partial charge is 0.393 e. The summed E-state index contributed by atoms with van der Waals surface area (Å²) in [5, 5.41) is 0. The molecule has 8 heteroatoms. The van der Waals surface area contributed by atoms with Gasteiger partial charge in [0.1, 0.15) is 11.5 Å². The van der Waals surface area contributed by atoms with Crippen LogP contribution in [-0.4, -0.2) is 39.6 Å². The highest BCUT2D eigenvalue weighted by atomic mass is 19.4. The van der Waals surface area contributed by atoms with Crippen molar-refractivity contribution in [2.45, 2.75) is 19.0 Å². The number of alkyl halides is 3. The summed E-state index contributed by atoms with van der Waals surface area (Å²) >= 11 is 0. The number of halogens is 4. The zero-order valence-corrected chi connectivity index (χ0v) is 12.6. The zero-order valence-electron chi connectivity index (χ0n) is 12.6. The second kappa shape index (κ2) is 6.26. The minimum Gasteiger partial charge on any atom is -0.337 e. The standard InChI is InChI=1S/C16H15F4N3O/c17-12-3-5-13(6-4-12)23-10-21-8-14(23)15(24)22-7-1-2-11(9-22)16(18,19)20/h3-6,8,10-11H,1-2,7,9H2/t11-/m0/s1. The number of rotatable bonds is 2. The molecule has 0 unspecified atom stereocenters. The van der Waals surface area contributed by atoms with Crippen LogP contribution in [0.15, 0.2) is 36.8 Å². The van der Waals surface area contributed by atoms with E-state index >= 15 is 0 Å². The molecule has 0 N–H and O–H groups in total. The number of amides is 1. The van der Waals surface area contributed by atoms with E-state index in [0.29, 0.717) is 12.1 Å². The van der Waals surface area contributed by atoms with E-state index in [1.54, 1.807) is 0 Å². The van der Waals surface area contributed by atoms with Crippen molar-refractivity contribution in [1.29, 1.82) is 0 Å². The Morgan fingerprint density at radius 1 is 1.21 bits per heavy atom. The monoisotopic (exact) mass is 341 g/mol. The van der Waals surface area contributed by atoms with E-state index in [1.165, 1.54) is 46.3 Å². The van der Waals surface area contributed by atoms with Gasteiger partial charge in [0.05, 0.1) is 18.4 Å². The van der Waals surface area contributed by atoms with E-state index in [-0.39, 0.29) is 25.2 Å². The molecule has 24 heavy (non-hydrogen) atoms. The number of hydrogen-bond acceptors (Lipinski definition) is 2. The van der Waals surface area contributed by atoms with Crippen molar-refractivity contribution < 1.29 is 22.4 Å². The molecular weight excluding hydrogens is 326 g/mol. The van der Waals surface area contributed by atoms with Crippen LogP contribution in [0.5, 0.6) is 0 Å². The molecule has 1 saturated heterocycles. The number of nitrogens with zero attached hydrogens (tertiary/aromatic N) is 3. The lowest BCUT2D eigenvalue weighted by atomic mass is 9.97. The Morgan fingerprint density at radius 2 is 1.92 bits per heavy atom. The lowest BCUT2D eigenvalue weighted by Crippen LogP contribution is -2.45. The summed E-state index contributed by atoms with van der Waals surface area (Å²) in [4.78, 5) is 17.7. The topological polar surface area (TPSA) is 38.1 Å². The average Bonchev–Trinajstić information content (AvgIpc) is 3.04. The van der Waals surface area contributed by atoms with Gasteiger partial charge in [-0.05, 0) is 37.1 Å². The van der Waals surface area contributed by atoms with Crippen molar-refractivity contribution in [2.75, 3.05) is 13.1 Å². The maximum Gasteiger partial charge on any atom is 0.393 e. The number of carbonyl (C=O) groups is 1. The summed E-state index contributed by atoms with van der Waals surface area (Å²) in [5.74, 6) is -2.43. The summed E-state index contributed by atoms with van der Waals surface area (Å²) in [7, 11) is 0. The minimum atomic E-state index is -4.31. The first-order chi connectivity index (χ1) is 11.4. The van der Waals surface area contributed by atoms with Gasteiger partial charge in [0.15, 0.2) is 0 Å². The van der Waals surface area contributed by atoms with E-state index in [9.17, 15) is 22.4 Å². The highest BCUT2D eigenvalue weighted by Crippen LogP contribution is 2.33. The van der Waals surface area contributed by atoms with Crippen LogP contribution in [0.25, 0.3) is 5.69 Å². The molecule has 1 amide bonds. The average molecular weight is 341 g/mol. The van der Waals surface area contributed by atoms with Crippen molar-refractivity contribution in [3.8, 4) is 5.69 Å². The summed E-state index contributed by atoms with van der Waals surface area (Å²) < 4.78 is 53.2. The van der Waals surface area contributed by atoms with Gasteiger partial charge in [-0.1, -0.05) is 0 Å². The van der Waals surface area contributed by atoms with Crippen molar-refractivity contribution in [2.24, 2.45) is 5.92 Å². The number of benzene rings is 1. The molecule has 0 aliphatic carbocycles. The summed E-state index contributed by atoms with van der Waals surface area (Å²) in [5.41, 5.74) is 0.672. The van der Waals surface area contributed by atoms with Crippen LogP contribution in [0.2, 0.25) is 0 Å². The van der Waals surface area contributed by atoms with Gasteiger partial charge in [-0.3, -0.25) is 9.36 Å². The van der Waals surface area contributed by atoms with Crippen molar-refractivity contribution in [3.05, 3.63) is 48.3 Å². The Morgan fingerprint density at radius 3 is 2.58 bits per heavy atom. The number of likely N-dealkylation sites (tertiary alicyclic amines) is 1. The van der Waals surface area contributed by atoms with Gasteiger partial charge in [-0.15, -0.1) is 0 Å². The Balaban J connectivity index is 1.83. The molecule has 1 atom stereocenters. The Bertz CT molecular complexity index is 724. The third-order valence-electron chi connectivity index (χ3n) is 4.13. The molecule has 2 heterocycles. The van der Waals surface area contributed by atoms with Crippen LogP contribution < -0.4 is 0 Å². The van der Waals surface area contributed by atoms with Gasteiger partial charge in [-0.25, -0.2) is 9.37 Å². The zero-order chi connectivity index (χ0) is 17.3. The van der Waals surface area contributed by atoms with Crippen LogP contribution in [0.4, 0.5) is 17.6 Å². The maximum absolute atomic E-state index is 13.0. The van der Waals surface area contributed by atoms with E-state index in [0.717, 1.165) is 0 Å². The van der Waals surface area contributed by atoms with Gasteiger partial charge < -0.3 is 4.90 Å². The van der Waals surface area contributed by atoms with E-state index in [2.05, 4.69) is 4.98 Å². The number of imidazole rings is 1. The molecule has 1 aromatic heterocycles. The van der Waals surface area contributed by atoms with Gasteiger partial charge in [0.2, 0.25) is 0 Å². The predicted octanol–water partition coefficient (Wildman–Crippen LogP) is 3.43. The van der Waals surface area contributed by atoms with Crippen molar-refractivity contribution in [1.82, 2.24) is 14.5 Å². The second-order valence-corrected chi connectivity index (χ2v) is 5.76. The fourth-order valence-electron chi connectivity index (χ4n) is 2.85. The number of hydrogen-bond donors (Lipinski definition) is 0. The molecule has 1 aliphatic rings. The van der Waals surface area contributed by atoms with E-state index < -0.39 is 23.8 Å². The van der Waals surface area contributed by atoms with Gasteiger partial charge in [0, 0.05) is 18.8 Å². The highest BCUT2D eigenvalue weighted by Gasteiger charge is 2.43. The molecule has 128 valence electrons. The third kappa shape index (κ3) is 3.27. The lowest BCUT2D eigenvalue weighted by Gasteiger charge is -2.33.